The van der Waals surface area contributed by atoms with Gasteiger partial charge in [-0.1, -0.05) is 52.4 Å². The van der Waals surface area contributed by atoms with E-state index in [1.54, 1.807) is 30.3 Å². The maximum absolute atomic E-state index is 2.34. The van der Waals surface area contributed by atoms with Crippen molar-refractivity contribution in [2.24, 2.45) is 0 Å². The third-order valence-electron chi connectivity index (χ3n) is 4.68. The first-order chi connectivity index (χ1) is 10.7. The number of unbranched alkanes of at least 4 members (excludes halogenated alkanes) is 6. The second-order valence-electron chi connectivity index (χ2n) is 6.55. The second kappa shape index (κ2) is 9.08. The van der Waals surface area contributed by atoms with E-state index < -0.39 is 0 Å². The summed E-state index contributed by atoms with van der Waals surface area (Å²) >= 11 is 4.13. The van der Waals surface area contributed by atoms with Crippen LogP contribution in [0, 0.1) is 13.8 Å². The number of rotatable bonds is 10. The van der Waals surface area contributed by atoms with Crippen LogP contribution in [-0.2, 0) is 12.8 Å². The topological polar surface area (TPSA) is 0 Å². The fourth-order valence-corrected chi connectivity index (χ4v) is 6.11. The number of hydrogen-bond donors (Lipinski definition) is 0. The molecule has 0 aliphatic carbocycles. The van der Waals surface area contributed by atoms with Gasteiger partial charge in [-0.25, -0.2) is 0 Å². The van der Waals surface area contributed by atoms with Gasteiger partial charge >= 0.3 is 0 Å². The van der Waals surface area contributed by atoms with E-state index in [1.807, 2.05) is 0 Å². The highest BCUT2D eigenvalue weighted by Gasteiger charge is 2.16. The van der Waals surface area contributed by atoms with E-state index in [-0.39, 0.29) is 0 Å². The largest absolute Gasteiger partial charge is 0.139 e. The van der Waals surface area contributed by atoms with Gasteiger partial charge in [0.25, 0.3) is 0 Å². The van der Waals surface area contributed by atoms with Crippen molar-refractivity contribution in [3.8, 4) is 0 Å². The number of thiophene rings is 2. The van der Waals surface area contributed by atoms with Gasteiger partial charge in [-0.2, -0.15) is 0 Å². The van der Waals surface area contributed by atoms with Crippen LogP contribution in [0.4, 0.5) is 0 Å². The highest BCUT2D eigenvalue weighted by Crippen LogP contribution is 2.42. The Morgan fingerprint density at radius 1 is 0.591 bits per heavy atom. The van der Waals surface area contributed by atoms with Crippen LogP contribution in [0.3, 0.4) is 0 Å². The van der Waals surface area contributed by atoms with E-state index in [4.69, 9.17) is 0 Å². The molecular weight excluding hydrogens is 304 g/mol. The lowest BCUT2D eigenvalue weighted by molar-refractivity contribution is 0.667. The molecule has 0 bridgehead atoms. The van der Waals surface area contributed by atoms with Gasteiger partial charge in [0.15, 0.2) is 0 Å². The molecule has 0 aromatic carbocycles. The first-order valence-electron chi connectivity index (χ1n) is 9.19. The Balaban J connectivity index is 2.09. The quantitative estimate of drug-likeness (QED) is 0.388. The number of fused-ring (bicyclic) bond motifs is 1. The minimum Gasteiger partial charge on any atom is -0.139 e. The Labute approximate surface area is 145 Å². The van der Waals surface area contributed by atoms with Crippen molar-refractivity contribution in [1.29, 1.82) is 0 Å². The first-order valence-corrected chi connectivity index (χ1v) is 10.8. The summed E-state index contributed by atoms with van der Waals surface area (Å²) in [5, 5.41) is 0. The Morgan fingerprint density at radius 3 is 1.36 bits per heavy atom. The summed E-state index contributed by atoms with van der Waals surface area (Å²) in [6.07, 6.45) is 13.5. The van der Waals surface area contributed by atoms with Crippen molar-refractivity contribution >= 4 is 32.1 Å². The normalized spacial score (nSPS) is 11.6. The van der Waals surface area contributed by atoms with Gasteiger partial charge in [0, 0.05) is 19.2 Å². The van der Waals surface area contributed by atoms with Crippen molar-refractivity contribution in [3.05, 3.63) is 20.9 Å². The number of aryl methyl sites for hydroxylation is 4. The third kappa shape index (κ3) is 4.35. The zero-order valence-electron chi connectivity index (χ0n) is 14.9. The van der Waals surface area contributed by atoms with Crippen molar-refractivity contribution in [2.75, 3.05) is 0 Å². The second-order valence-corrected chi connectivity index (χ2v) is 9.00. The summed E-state index contributed by atoms with van der Waals surface area (Å²) in [5.74, 6) is 0. The Hall–Kier alpha value is -0.340. The predicted octanol–water partition coefficient (Wildman–Crippen LogP) is 7.83. The van der Waals surface area contributed by atoms with E-state index in [0.717, 1.165) is 0 Å². The lowest BCUT2D eigenvalue weighted by atomic mass is 10.0. The summed E-state index contributed by atoms with van der Waals surface area (Å²) in [5.41, 5.74) is 3.34. The minimum absolute atomic E-state index is 1.29. The van der Waals surface area contributed by atoms with Crippen LogP contribution in [-0.4, -0.2) is 0 Å². The smallest absolute Gasteiger partial charge is 0.0491 e. The molecule has 0 unspecified atom stereocenters. The molecule has 0 atom stereocenters. The Bertz CT molecular complexity index is 522. The molecule has 0 fully saturated rings. The fourth-order valence-electron chi connectivity index (χ4n) is 3.28. The van der Waals surface area contributed by atoms with Crippen LogP contribution < -0.4 is 0 Å². The summed E-state index contributed by atoms with van der Waals surface area (Å²) in [6.45, 7) is 9.26. The van der Waals surface area contributed by atoms with Crippen molar-refractivity contribution < 1.29 is 0 Å². The zero-order chi connectivity index (χ0) is 15.9. The van der Waals surface area contributed by atoms with Crippen molar-refractivity contribution in [3.63, 3.8) is 0 Å². The molecule has 2 aromatic heterocycles. The van der Waals surface area contributed by atoms with Gasteiger partial charge in [-0.15, -0.1) is 22.7 Å². The SMILES string of the molecule is CCCCCCc1c(C)sc2c(CCCCCC)c(C)sc12. The van der Waals surface area contributed by atoms with Crippen LogP contribution in [0.2, 0.25) is 0 Å². The van der Waals surface area contributed by atoms with Gasteiger partial charge in [0.05, 0.1) is 0 Å². The van der Waals surface area contributed by atoms with E-state index in [9.17, 15) is 0 Å². The molecule has 2 rings (SSSR count). The lowest BCUT2D eigenvalue weighted by Gasteiger charge is -2.01. The van der Waals surface area contributed by atoms with E-state index in [2.05, 4.69) is 50.4 Å². The Kier molecular flexibility index (Phi) is 7.43. The Morgan fingerprint density at radius 2 is 1.00 bits per heavy atom. The maximum atomic E-state index is 2.34. The molecule has 0 saturated carbocycles. The maximum Gasteiger partial charge on any atom is 0.0491 e. The molecule has 0 N–H and O–H groups in total. The molecule has 124 valence electrons. The van der Waals surface area contributed by atoms with Crippen LogP contribution in [0.15, 0.2) is 0 Å². The molecular formula is C20H32S2. The highest BCUT2D eigenvalue weighted by atomic mass is 32.1. The molecule has 0 saturated heterocycles. The monoisotopic (exact) mass is 336 g/mol. The first kappa shape index (κ1) is 18.0. The van der Waals surface area contributed by atoms with Gasteiger partial charge in [0.1, 0.15) is 0 Å². The minimum atomic E-state index is 1.29. The van der Waals surface area contributed by atoms with Gasteiger partial charge < -0.3 is 0 Å². The van der Waals surface area contributed by atoms with E-state index >= 15 is 0 Å². The predicted molar refractivity (Wildman–Crippen MR) is 105 cm³/mol. The van der Waals surface area contributed by atoms with E-state index in [1.165, 1.54) is 64.2 Å². The molecule has 2 heteroatoms. The van der Waals surface area contributed by atoms with Crippen molar-refractivity contribution in [2.45, 2.75) is 91.9 Å². The van der Waals surface area contributed by atoms with Gasteiger partial charge in [0.2, 0.25) is 0 Å². The van der Waals surface area contributed by atoms with Crippen molar-refractivity contribution in [1.82, 2.24) is 0 Å². The summed E-state index contributed by atoms with van der Waals surface area (Å²) < 4.78 is 3.25. The molecule has 2 heterocycles. The van der Waals surface area contributed by atoms with Crippen LogP contribution >= 0.6 is 22.7 Å². The highest BCUT2D eigenvalue weighted by molar-refractivity contribution is 7.28. The summed E-state index contributed by atoms with van der Waals surface area (Å²) in [4.78, 5) is 3.15. The molecule has 0 aliphatic heterocycles. The molecule has 0 radical (unpaired) electrons. The molecule has 0 nitrogen and oxygen atoms in total. The lowest BCUT2D eigenvalue weighted by Crippen LogP contribution is -1.85. The molecule has 2 aromatic rings. The standard InChI is InChI=1S/C20H32S2/c1-5-7-9-11-13-17-15(3)21-20-18(14-12-10-8-6-2)16(4)22-19(17)20/h5-14H2,1-4H3. The average molecular weight is 337 g/mol. The summed E-state index contributed by atoms with van der Waals surface area (Å²) in [6, 6.07) is 0. The van der Waals surface area contributed by atoms with Gasteiger partial charge in [-0.05, 0) is 50.7 Å². The van der Waals surface area contributed by atoms with Gasteiger partial charge in [-0.3, -0.25) is 0 Å². The molecule has 0 spiro atoms. The fraction of sp³-hybridized carbons (Fsp3) is 0.700. The number of hydrogen-bond acceptors (Lipinski definition) is 2. The average Bonchev–Trinajstić information content (AvgIpc) is 2.95. The van der Waals surface area contributed by atoms with E-state index in [0.29, 0.717) is 0 Å². The van der Waals surface area contributed by atoms with Crippen LogP contribution in [0.25, 0.3) is 9.40 Å². The molecule has 22 heavy (non-hydrogen) atoms. The zero-order valence-corrected chi connectivity index (χ0v) is 16.5. The van der Waals surface area contributed by atoms with Crippen LogP contribution in [0.5, 0.6) is 0 Å². The molecule has 0 amide bonds. The molecule has 0 aliphatic rings. The third-order valence-corrected chi connectivity index (χ3v) is 7.22. The summed E-state index contributed by atoms with van der Waals surface area (Å²) in [7, 11) is 0. The van der Waals surface area contributed by atoms with Crippen LogP contribution in [0.1, 0.15) is 86.1 Å².